The Balaban J connectivity index is 1.93. The van der Waals surface area contributed by atoms with Crippen LogP contribution in [0.1, 0.15) is 20.8 Å². The Morgan fingerprint density at radius 1 is 1.27 bits per heavy atom. The zero-order valence-corrected chi connectivity index (χ0v) is 15.6. The number of hydrogen-bond acceptors (Lipinski definition) is 4. The van der Waals surface area contributed by atoms with Crippen LogP contribution in [-0.4, -0.2) is 19.5 Å². The molecule has 0 radical (unpaired) electrons. The molecule has 0 aliphatic heterocycles. The third-order valence-corrected chi connectivity index (χ3v) is 5.40. The Morgan fingerprint density at radius 3 is 2.92 bits per heavy atom. The Kier molecular flexibility index (Phi) is 4.05. The maximum absolute atomic E-state index is 13.0. The van der Waals surface area contributed by atoms with E-state index in [0.29, 0.717) is 10.2 Å². The van der Waals surface area contributed by atoms with Gasteiger partial charge in [-0.3, -0.25) is 9.36 Å². The number of fused-ring (bicyclic) bond motifs is 5. The maximum atomic E-state index is 13.0. The summed E-state index contributed by atoms with van der Waals surface area (Å²) in [5, 5.41) is 1.94. The van der Waals surface area contributed by atoms with Crippen LogP contribution >= 0.6 is 11.3 Å². The normalized spacial score (nSPS) is 13.7. The lowest BCUT2D eigenvalue weighted by Crippen LogP contribution is -2.17. The molecule has 0 amide bonds. The Labute approximate surface area is 154 Å². The van der Waals surface area contributed by atoms with E-state index < -0.39 is 0 Å². The molecule has 26 heavy (non-hydrogen) atoms. The number of hydrogen-bond donors (Lipinski definition) is 1. The highest BCUT2D eigenvalue weighted by Crippen LogP contribution is 2.33. The van der Waals surface area contributed by atoms with Gasteiger partial charge in [0.05, 0.1) is 10.9 Å². The van der Waals surface area contributed by atoms with E-state index in [4.69, 9.17) is 0 Å². The molecule has 4 aromatic heterocycles. The average molecular weight is 362 g/mol. The first-order valence-electron chi connectivity index (χ1n) is 8.34. The minimum atomic E-state index is -0.0662. The van der Waals surface area contributed by atoms with Crippen molar-refractivity contribution >= 4 is 48.4 Å². The predicted octanol–water partition coefficient (Wildman–Crippen LogP) is 4.87. The summed E-state index contributed by atoms with van der Waals surface area (Å²) >= 11 is 1.39. The fourth-order valence-electron chi connectivity index (χ4n) is 3.01. The highest BCUT2D eigenvalue weighted by molar-refractivity contribution is 7.25. The van der Waals surface area contributed by atoms with E-state index >= 15 is 0 Å². The summed E-state index contributed by atoms with van der Waals surface area (Å²) in [6, 6.07) is 1.97. The van der Waals surface area contributed by atoms with Crippen LogP contribution < -0.4 is 5.56 Å². The van der Waals surface area contributed by atoms with Gasteiger partial charge in [-0.1, -0.05) is 23.8 Å². The molecule has 0 aromatic carbocycles. The van der Waals surface area contributed by atoms with Crippen LogP contribution in [0.15, 0.2) is 59.5 Å². The van der Waals surface area contributed by atoms with Crippen LogP contribution in [0.2, 0.25) is 0 Å². The molecule has 4 aromatic rings. The average Bonchev–Trinajstić information content (AvgIpc) is 3.24. The largest absolute Gasteiger partial charge is 0.360 e. The number of rotatable bonds is 3. The van der Waals surface area contributed by atoms with Crippen molar-refractivity contribution in [2.75, 3.05) is 0 Å². The molecule has 6 heteroatoms. The van der Waals surface area contributed by atoms with Gasteiger partial charge < -0.3 is 4.98 Å². The summed E-state index contributed by atoms with van der Waals surface area (Å²) in [7, 11) is 0. The molecule has 0 saturated heterocycles. The summed E-state index contributed by atoms with van der Waals surface area (Å²) in [6.45, 7) is 5.91. The molecule has 0 aliphatic carbocycles. The molecular weight excluding hydrogens is 344 g/mol. The van der Waals surface area contributed by atoms with Crippen LogP contribution in [0.25, 0.3) is 37.0 Å². The van der Waals surface area contributed by atoms with Crippen LogP contribution in [0.5, 0.6) is 0 Å². The number of H-pyrrole nitrogens is 1. The summed E-state index contributed by atoms with van der Waals surface area (Å²) < 4.78 is 2.21. The van der Waals surface area contributed by atoms with Gasteiger partial charge in [0.1, 0.15) is 21.4 Å². The molecule has 0 fully saturated rings. The van der Waals surface area contributed by atoms with E-state index in [2.05, 4.69) is 15.0 Å². The van der Waals surface area contributed by atoms with Crippen molar-refractivity contribution < 1.29 is 0 Å². The summed E-state index contributed by atoms with van der Waals surface area (Å²) in [5.74, 6) is 0. The second-order valence-corrected chi connectivity index (χ2v) is 7.16. The molecule has 4 heterocycles. The number of thiophene rings is 1. The van der Waals surface area contributed by atoms with Crippen molar-refractivity contribution in [3.63, 3.8) is 0 Å². The number of allylic oxidation sites excluding steroid dienone is 6. The smallest absolute Gasteiger partial charge is 0.275 e. The maximum Gasteiger partial charge on any atom is 0.275 e. The summed E-state index contributed by atoms with van der Waals surface area (Å²) in [5.41, 5.74) is 3.56. The third kappa shape index (κ3) is 2.59. The highest BCUT2D eigenvalue weighted by atomic mass is 32.1. The third-order valence-electron chi connectivity index (χ3n) is 4.33. The van der Waals surface area contributed by atoms with Crippen LogP contribution in [0.4, 0.5) is 0 Å². The SMILES string of the molecule is C\C=C/C(C)=C\C=C(/C)n1cnc2c(sc3ncc4cc[nH]c4c32)c1=O. The minimum absolute atomic E-state index is 0.0662. The van der Waals surface area contributed by atoms with Crippen molar-refractivity contribution in [1.82, 2.24) is 19.5 Å². The van der Waals surface area contributed by atoms with Gasteiger partial charge in [-0.2, -0.15) is 0 Å². The monoisotopic (exact) mass is 362 g/mol. The van der Waals surface area contributed by atoms with E-state index in [1.54, 1.807) is 10.9 Å². The van der Waals surface area contributed by atoms with Gasteiger partial charge in [-0.25, -0.2) is 9.97 Å². The second kappa shape index (κ2) is 6.38. The number of aromatic amines is 1. The van der Waals surface area contributed by atoms with Gasteiger partial charge in [-0.15, -0.1) is 11.3 Å². The van der Waals surface area contributed by atoms with Gasteiger partial charge in [0.2, 0.25) is 0 Å². The number of nitrogens with one attached hydrogen (secondary N) is 1. The summed E-state index contributed by atoms with van der Waals surface area (Å²) in [6.07, 6.45) is 13.2. The van der Waals surface area contributed by atoms with E-state index in [1.807, 2.05) is 63.5 Å². The van der Waals surface area contributed by atoms with Crippen molar-refractivity contribution in [2.24, 2.45) is 0 Å². The van der Waals surface area contributed by atoms with Gasteiger partial charge in [0.15, 0.2) is 0 Å². The Bertz CT molecular complexity index is 1280. The van der Waals surface area contributed by atoms with Crippen LogP contribution in [0, 0.1) is 0 Å². The van der Waals surface area contributed by atoms with Gasteiger partial charge in [0, 0.05) is 23.5 Å². The van der Waals surface area contributed by atoms with E-state index in [1.165, 1.54) is 11.3 Å². The van der Waals surface area contributed by atoms with Crippen molar-refractivity contribution in [3.8, 4) is 0 Å². The molecule has 0 bridgehead atoms. The lowest BCUT2D eigenvalue weighted by Gasteiger charge is -2.04. The Morgan fingerprint density at radius 2 is 2.12 bits per heavy atom. The number of pyridine rings is 1. The lowest BCUT2D eigenvalue weighted by atomic mass is 10.2. The summed E-state index contributed by atoms with van der Waals surface area (Å²) in [4.78, 5) is 26.1. The van der Waals surface area contributed by atoms with E-state index in [-0.39, 0.29) is 5.56 Å². The molecular formula is C20H18N4OS. The molecule has 0 unspecified atom stereocenters. The molecule has 130 valence electrons. The van der Waals surface area contributed by atoms with Crippen LogP contribution in [-0.2, 0) is 0 Å². The first kappa shape index (κ1) is 16.5. The lowest BCUT2D eigenvalue weighted by molar-refractivity contribution is 0.983. The van der Waals surface area contributed by atoms with Crippen molar-refractivity contribution in [2.45, 2.75) is 20.8 Å². The fourth-order valence-corrected chi connectivity index (χ4v) is 4.04. The van der Waals surface area contributed by atoms with Crippen molar-refractivity contribution in [1.29, 1.82) is 0 Å². The molecule has 0 atom stereocenters. The van der Waals surface area contributed by atoms with Gasteiger partial charge in [0.25, 0.3) is 5.56 Å². The van der Waals surface area contributed by atoms with E-state index in [9.17, 15) is 4.79 Å². The predicted molar refractivity (Wildman–Crippen MR) is 110 cm³/mol. The van der Waals surface area contributed by atoms with Gasteiger partial charge >= 0.3 is 0 Å². The van der Waals surface area contributed by atoms with Crippen molar-refractivity contribution in [3.05, 3.63) is 65.0 Å². The zero-order valence-electron chi connectivity index (χ0n) is 14.8. The quantitative estimate of drug-likeness (QED) is 0.529. The van der Waals surface area contributed by atoms with E-state index in [0.717, 1.165) is 32.4 Å². The molecule has 4 rings (SSSR count). The molecule has 5 nitrogen and oxygen atoms in total. The molecule has 0 saturated carbocycles. The molecule has 0 spiro atoms. The standard InChI is InChI=1S/C20H18N4OS/c1-4-5-12(2)6-7-13(3)24-11-23-17-15-16-14(8-9-21-16)10-22-19(15)26-18(17)20(24)25/h4-11,21H,1-3H3/b5-4-,12-6-,13-7+. The zero-order chi connectivity index (χ0) is 18.3. The molecule has 0 aliphatic rings. The minimum Gasteiger partial charge on any atom is -0.360 e. The Hall–Kier alpha value is -2.99. The second-order valence-electron chi connectivity index (χ2n) is 6.16. The van der Waals surface area contributed by atoms with Gasteiger partial charge in [-0.05, 0) is 32.9 Å². The molecule has 1 N–H and O–H groups in total. The highest BCUT2D eigenvalue weighted by Gasteiger charge is 2.15. The fraction of sp³-hybridized carbons (Fsp3) is 0.150. The topological polar surface area (TPSA) is 63.6 Å². The number of nitrogens with zero attached hydrogens (tertiary/aromatic N) is 3. The first-order valence-corrected chi connectivity index (χ1v) is 9.16. The number of aromatic nitrogens is 4. The van der Waals surface area contributed by atoms with Crippen LogP contribution in [0.3, 0.4) is 0 Å². The first-order chi connectivity index (χ1) is 12.6.